The minimum Gasteiger partial charge on any atom is -0.396 e. The summed E-state index contributed by atoms with van der Waals surface area (Å²) in [6.07, 6.45) is 3.72. The molecule has 0 bridgehead atoms. The molecule has 0 radical (unpaired) electrons. The molecule has 6 heteroatoms. The van der Waals surface area contributed by atoms with Gasteiger partial charge in [-0.1, -0.05) is 32.1 Å². The maximum Gasteiger partial charge on any atom is 0.0993 e. The highest BCUT2D eigenvalue weighted by atomic mass is 16.3. The Kier molecular flexibility index (Phi) is 8.60. The highest BCUT2D eigenvalue weighted by molar-refractivity contribution is 5.00. The van der Waals surface area contributed by atoms with Crippen molar-refractivity contribution in [2.45, 2.75) is 75.3 Å². The van der Waals surface area contributed by atoms with Gasteiger partial charge in [0.25, 0.3) is 0 Å². The first kappa shape index (κ1) is 17.8. The normalized spacial score (nSPS) is 31.6. The minimum atomic E-state index is -1.04. The van der Waals surface area contributed by atoms with E-state index in [-0.39, 0.29) is 13.2 Å². The predicted octanol–water partition coefficient (Wildman–Crippen LogP) is -0.875. The number of aliphatic hydroxyl groups excluding tert-OH is 5. The number of hydrogen-bond acceptors (Lipinski definition) is 6. The summed E-state index contributed by atoms with van der Waals surface area (Å²) in [6.45, 7) is -0.00932. The Morgan fingerprint density at radius 1 is 0.850 bits per heavy atom. The molecule has 20 heavy (non-hydrogen) atoms. The molecule has 1 aliphatic rings. The number of nitrogens with one attached hydrogen (secondary N) is 1. The molecule has 6 N–H and O–H groups in total. The molecule has 0 spiro atoms. The summed E-state index contributed by atoms with van der Waals surface area (Å²) in [5.41, 5.74) is 0. The Morgan fingerprint density at radius 2 is 1.45 bits per heavy atom. The summed E-state index contributed by atoms with van der Waals surface area (Å²) in [5, 5.41) is 50.1. The molecule has 0 amide bonds. The van der Waals surface area contributed by atoms with E-state index in [0.29, 0.717) is 6.42 Å². The smallest absolute Gasteiger partial charge is 0.0993 e. The fourth-order valence-corrected chi connectivity index (χ4v) is 2.75. The van der Waals surface area contributed by atoms with Crippen molar-refractivity contribution in [3.05, 3.63) is 0 Å². The molecule has 1 heterocycles. The quantitative estimate of drug-likeness (QED) is 0.292. The van der Waals surface area contributed by atoms with Gasteiger partial charge in [-0.25, -0.2) is 0 Å². The highest BCUT2D eigenvalue weighted by Gasteiger charge is 2.43. The van der Waals surface area contributed by atoms with Gasteiger partial charge in [0.2, 0.25) is 0 Å². The van der Waals surface area contributed by atoms with Crippen LogP contribution in [0.4, 0.5) is 0 Å². The standard InChI is InChI=1S/C14H29NO5/c16-8-6-4-2-1-3-5-7-11(18)12-14(20)13(19)10(9-17)15-12/h10-20H,1-9H2/t10-,11+,12+,13+,14-/m0/s1. The van der Waals surface area contributed by atoms with E-state index in [0.717, 1.165) is 38.5 Å². The van der Waals surface area contributed by atoms with E-state index in [1.807, 2.05) is 0 Å². The van der Waals surface area contributed by atoms with Gasteiger partial charge in [-0.15, -0.1) is 0 Å². The van der Waals surface area contributed by atoms with Gasteiger partial charge in [0, 0.05) is 6.61 Å². The summed E-state index contributed by atoms with van der Waals surface area (Å²) in [5.74, 6) is 0. The maximum absolute atomic E-state index is 10.0. The number of unbranched alkanes of at least 4 members (excludes halogenated alkanes) is 5. The van der Waals surface area contributed by atoms with Crippen molar-refractivity contribution in [1.29, 1.82) is 0 Å². The lowest BCUT2D eigenvalue weighted by atomic mass is 9.99. The summed E-state index contributed by atoms with van der Waals surface area (Å²) in [7, 11) is 0. The molecule has 0 unspecified atom stereocenters. The fourth-order valence-electron chi connectivity index (χ4n) is 2.75. The average molecular weight is 291 g/mol. The van der Waals surface area contributed by atoms with Crippen molar-refractivity contribution in [2.75, 3.05) is 13.2 Å². The van der Waals surface area contributed by atoms with E-state index in [9.17, 15) is 15.3 Å². The SMILES string of the molecule is OCCCCCCCC[C@@H](O)[C@H]1N[C@@H](CO)[C@@H](O)[C@H]1O. The maximum atomic E-state index is 10.0. The number of hydrogen-bond donors (Lipinski definition) is 6. The van der Waals surface area contributed by atoms with Crippen LogP contribution in [0.25, 0.3) is 0 Å². The topological polar surface area (TPSA) is 113 Å². The minimum absolute atomic E-state index is 0.248. The largest absolute Gasteiger partial charge is 0.396 e. The molecular weight excluding hydrogens is 262 g/mol. The van der Waals surface area contributed by atoms with Crippen LogP contribution in [0.3, 0.4) is 0 Å². The molecule has 0 aromatic rings. The zero-order valence-electron chi connectivity index (χ0n) is 12.0. The van der Waals surface area contributed by atoms with Crippen LogP contribution in [-0.2, 0) is 0 Å². The van der Waals surface area contributed by atoms with Gasteiger partial charge in [0.15, 0.2) is 0 Å². The third kappa shape index (κ3) is 5.27. The van der Waals surface area contributed by atoms with Crippen LogP contribution in [0, 0.1) is 0 Å². The van der Waals surface area contributed by atoms with Crippen LogP contribution < -0.4 is 5.32 Å². The zero-order valence-corrected chi connectivity index (χ0v) is 12.0. The lowest BCUT2D eigenvalue weighted by Crippen LogP contribution is -2.44. The van der Waals surface area contributed by atoms with Crippen LogP contribution in [0.2, 0.25) is 0 Å². The average Bonchev–Trinajstić information content (AvgIpc) is 2.74. The van der Waals surface area contributed by atoms with Crippen LogP contribution in [0.5, 0.6) is 0 Å². The fraction of sp³-hybridized carbons (Fsp3) is 1.00. The molecule has 0 aromatic carbocycles. The van der Waals surface area contributed by atoms with Crippen LogP contribution in [0.1, 0.15) is 44.9 Å². The Labute approximate surface area is 120 Å². The lowest BCUT2D eigenvalue weighted by Gasteiger charge is -2.22. The Balaban J connectivity index is 2.15. The van der Waals surface area contributed by atoms with Crippen LogP contribution in [0.15, 0.2) is 0 Å². The molecule has 120 valence electrons. The first-order valence-corrected chi connectivity index (χ1v) is 7.63. The molecule has 0 saturated carbocycles. The molecule has 6 nitrogen and oxygen atoms in total. The van der Waals surface area contributed by atoms with E-state index in [4.69, 9.17) is 10.2 Å². The molecule has 5 atom stereocenters. The van der Waals surface area contributed by atoms with Crippen molar-refractivity contribution < 1.29 is 25.5 Å². The molecule has 1 fully saturated rings. The first-order valence-electron chi connectivity index (χ1n) is 7.63. The monoisotopic (exact) mass is 291 g/mol. The van der Waals surface area contributed by atoms with Gasteiger partial charge in [-0.3, -0.25) is 0 Å². The van der Waals surface area contributed by atoms with Crippen molar-refractivity contribution in [3.8, 4) is 0 Å². The van der Waals surface area contributed by atoms with E-state index in [2.05, 4.69) is 5.32 Å². The number of rotatable bonds is 10. The third-order valence-corrected chi connectivity index (χ3v) is 4.06. The summed E-state index contributed by atoms with van der Waals surface area (Å²) < 4.78 is 0. The second-order valence-electron chi connectivity index (χ2n) is 5.66. The van der Waals surface area contributed by atoms with Crippen LogP contribution >= 0.6 is 0 Å². The molecule has 1 rings (SSSR count). The zero-order chi connectivity index (χ0) is 15.0. The highest BCUT2D eigenvalue weighted by Crippen LogP contribution is 2.20. The second kappa shape index (κ2) is 9.65. The Hall–Kier alpha value is -0.240. The van der Waals surface area contributed by atoms with Crippen LogP contribution in [-0.4, -0.2) is 69.1 Å². The first-order chi connectivity index (χ1) is 9.61. The predicted molar refractivity (Wildman–Crippen MR) is 75.2 cm³/mol. The summed E-state index contributed by atoms with van der Waals surface area (Å²) >= 11 is 0. The van der Waals surface area contributed by atoms with Gasteiger partial charge >= 0.3 is 0 Å². The van der Waals surface area contributed by atoms with Crippen molar-refractivity contribution in [1.82, 2.24) is 5.32 Å². The molecule has 1 saturated heterocycles. The summed E-state index contributed by atoms with van der Waals surface area (Å²) in [6, 6.07) is -1.14. The number of aliphatic hydroxyl groups is 5. The van der Waals surface area contributed by atoms with E-state index < -0.39 is 30.4 Å². The van der Waals surface area contributed by atoms with E-state index >= 15 is 0 Å². The lowest BCUT2D eigenvalue weighted by molar-refractivity contribution is -0.00443. The van der Waals surface area contributed by atoms with Crippen molar-refractivity contribution >= 4 is 0 Å². The second-order valence-corrected chi connectivity index (χ2v) is 5.66. The molecular formula is C14H29NO5. The van der Waals surface area contributed by atoms with Gasteiger partial charge in [0.05, 0.1) is 37.0 Å². The summed E-state index contributed by atoms with van der Waals surface area (Å²) in [4.78, 5) is 0. The van der Waals surface area contributed by atoms with Gasteiger partial charge in [0.1, 0.15) is 0 Å². The Bertz CT molecular complexity index is 254. The van der Waals surface area contributed by atoms with Crippen molar-refractivity contribution in [2.24, 2.45) is 0 Å². The molecule has 0 aromatic heterocycles. The van der Waals surface area contributed by atoms with Gasteiger partial charge in [-0.05, 0) is 12.8 Å². The molecule has 0 aliphatic carbocycles. The third-order valence-electron chi connectivity index (χ3n) is 4.06. The van der Waals surface area contributed by atoms with Gasteiger partial charge in [-0.2, -0.15) is 0 Å². The van der Waals surface area contributed by atoms with Gasteiger partial charge < -0.3 is 30.8 Å². The molecule has 1 aliphatic heterocycles. The van der Waals surface area contributed by atoms with Crippen molar-refractivity contribution in [3.63, 3.8) is 0 Å². The Morgan fingerprint density at radius 3 is 2.00 bits per heavy atom. The van der Waals surface area contributed by atoms with E-state index in [1.165, 1.54) is 0 Å². The van der Waals surface area contributed by atoms with E-state index in [1.54, 1.807) is 0 Å².